The Morgan fingerprint density at radius 3 is 2.00 bits per heavy atom. The third kappa shape index (κ3) is 8.57. The Hall–Kier alpha value is -2.57. The average Bonchev–Trinajstić information content (AvgIpc) is 2.56. The normalized spacial score (nSPS) is 15.1. The third-order valence-electron chi connectivity index (χ3n) is 3.75. The van der Waals surface area contributed by atoms with Gasteiger partial charge in [0, 0.05) is 26.3 Å². The summed E-state index contributed by atoms with van der Waals surface area (Å²) in [4.78, 5) is 58.2. The van der Waals surface area contributed by atoms with Crippen molar-refractivity contribution in [3.8, 4) is 0 Å². The molecule has 0 fully saturated rings. The molecular weight excluding hydrogens is 364 g/mol. The van der Waals surface area contributed by atoms with Crippen molar-refractivity contribution < 1.29 is 39.3 Å². The quantitative estimate of drug-likeness (QED) is 0.195. The van der Waals surface area contributed by atoms with Crippen LogP contribution in [0.5, 0.6) is 0 Å². The Bertz CT molecular complexity index is 580. The van der Waals surface area contributed by atoms with Crippen LogP contribution in [0.25, 0.3) is 0 Å². The molecule has 0 rings (SSSR count). The van der Waals surface area contributed by atoms with Gasteiger partial charge in [0.05, 0.1) is 24.5 Å². The minimum Gasteiger partial charge on any atom is -0.481 e. The molecule has 0 aromatic rings. The maximum Gasteiger partial charge on any atom is 0.309 e. The van der Waals surface area contributed by atoms with E-state index in [9.17, 15) is 29.1 Å². The lowest BCUT2D eigenvalue weighted by atomic mass is 9.93. The number of amides is 3. The van der Waals surface area contributed by atoms with Crippen LogP contribution in [-0.4, -0.2) is 75.6 Å². The van der Waals surface area contributed by atoms with Crippen LogP contribution in [0.3, 0.4) is 0 Å². The second-order valence-electron chi connectivity index (χ2n) is 6.17. The van der Waals surface area contributed by atoms with E-state index in [0.717, 1.165) is 7.05 Å². The maximum absolute atomic E-state index is 12.3. The van der Waals surface area contributed by atoms with E-state index in [1.807, 2.05) is 0 Å². The van der Waals surface area contributed by atoms with Gasteiger partial charge in [0.15, 0.2) is 0 Å². The highest BCUT2D eigenvalue weighted by Gasteiger charge is 2.30. The van der Waals surface area contributed by atoms with E-state index >= 15 is 0 Å². The fourth-order valence-corrected chi connectivity index (χ4v) is 2.10. The molecule has 0 spiro atoms. The summed E-state index contributed by atoms with van der Waals surface area (Å²) in [6, 6.07) is -1.30. The van der Waals surface area contributed by atoms with Gasteiger partial charge in [0.2, 0.25) is 11.8 Å². The molecule has 3 amide bonds. The van der Waals surface area contributed by atoms with Crippen LogP contribution in [0.15, 0.2) is 0 Å². The van der Waals surface area contributed by atoms with Gasteiger partial charge in [0.25, 0.3) is 5.91 Å². The lowest BCUT2D eigenvalue weighted by molar-refractivity contribution is -0.146. The zero-order chi connectivity index (χ0) is 21.3. The first-order valence-electron chi connectivity index (χ1n) is 8.06. The molecule has 12 nitrogen and oxygen atoms in total. The Kier molecular flexibility index (Phi) is 10.1. The summed E-state index contributed by atoms with van der Waals surface area (Å²) in [7, 11) is 1.16. The van der Waals surface area contributed by atoms with E-state index in [4.69, 9.17) is 21.7 Å². The second kappa shape index (κ2) is 11.2. The van der Waals surface area contributed by atoms with Gasteiger partial charge in [-0.25, -0.2) is 0 Å². The van der Waals surface area contributed by atoms with Crippen molar-refractivity contribution in [1.29, 1.82) is 0 Å². The van der Waals surface area contributed by atoms with Crippen molar-refractivity contribution in [1.82, 2.24) is 10.4 Å². The number of aliphatic hydroxyl groups is 2. The topological polar surface area (TPSA) is 213 Å². The summed E-state index contributed by atoms with van der Waals surface area (Å²) in [6.07, 6.45) is -2.73. The number of nitrogens with zero attached hydrogens (tertiary/aromatic N) is 1. The molecule has 0 aliphatic heterocycles. The molecule has 0 aromatic carbocycles. The summed E-state index contributed by atoms with van der Waals surface area (Å²) < 4.78 is 0. The van der Waals surface area contributed by atoms with E-state index in [0.29, 0.717) is 5.01 Å². The molecular formula is C15H26N4O8. The number of carbonyl (C=O) groups excluding carboxylic acids is 4. The first kappa shape index (κ1) is 24.4. The zero-order valence-electron chi connectivity index (χ0n) is 15.1. The Labute approximate surface area is 155 Å². The number of carbonyl (C=O) groups is 5. The average molecular weight is 390 g/mol. The van der Waals surface area contributed by atoms with Crippen LogP contribution < -0.4 is 16.9 Å². The van der Waals surface area contributed by atoms with Gasteiger partial charge in [-0.15, -0.1) is 0 Å². The van der Waals surface area contributed by atoms with E-state index in [2.05, 4.69) is 5.43 Å². The van der Waals surface area contributed by atoms with Gasteiger partial charge in [-0.1, -0.05) is 0 Å². The molecule has 8 N–H and O–H groups in total. The van der Waals surface area contributed by atoms with Gasteiger partial charge < -0.3 is 26.8 Å². The van der Waals surface area contributed by atoms with Crippen LogP contribution in [-0.2, 0) is 24.0 Å². The van der Waals surface area contributed by atoms with Crippen LogP contribution in [0.2, 0.25) is 0 Å². The van der Waals surface area contributed by atoms with Gasteiger partial charge in [0.1, 0.15) is 11.8 Å². The largest absolute Gasteiger partial charge is 0.481 e. The molecule has 154 valence electrons. The summed E-state index contributed by atoms with van der Waals surface area (Å²) in [6.45, 7) is 0.523. The Morgan fingerprint density at radius 2 is 1.59 bits per heavy atom. The number of likely N-dealkylation sites (N-methyl/N-ethyl adjacent to an activating group) is 1. The lowest BCUT2D eigenvalue weighted by Gasteiger charge is -2.25. The predicted octanol–water partition coefficient (Wildman–Crippen LogP) is -3.28. The minimum absolute atomic E-state index is 0.511. The van der Waals surface area contributed by atoms with Crippen molar-refractivity contribution in [2.45, 2.75) is 38.3 Å². The highest BCUT2D eigenvalue weighted by atomic mass is 16.4. The van der Waals surface area contributed by atoms with Crippen LogP contribution >= 0.6 is 0 Å². The number of hydrogen-bond acceptors (Lipinski definition) is 8. The van der Waals surface area contributed by atoms with Gasteiger partial charge >= 0.3 is 5.97 Å². The summed E-state index contributed by atoms with van der Waals surface area (Å²) >= 11 is 0. The van der Waals surface area contributed by atoms with Crippen molar-refractivity contribution in [2.24, 2.45) is 23.3 Å². The highest BCUT2D eigenvalue weighted by molar-refractivity contribution is 5.92. The van der Waals surface area contributed by atoms with Crippen molar-refractivity contribution in [3.63, 3.8) is 0 Å². The van der Waals surface area contributed by atoms with Crippen molar-refractivity contribution >= 4 is 29.5 Å². The van der Waals surface area contributed by atoms with Gasteiger partial charge in [-0.05, 0) is 6.92 Å². The number of carboxylic acids is 1. The number of ketones is 1. The molecule has 0 heterocycles. The molecule has 0 aromatic heterocycles. The van der Waals surface area contributed by atoms with Crippen molar-refractivity contribution in [3.05, 3.63) is 0 Å². The molecule has 1 unspecified atom stereocenters. The molecule has 0 radical (unpaired) electrons. The molecule has 0 saturated carbocycles. The minimum atomic E-state index is -1.38. The predicted molar refractivity (Wildman–Crippen MR) is 90.3 cm³/mol. The van der Waals surface area contributed by atoms with Crippen LogP contribution in [0, 0.1) is 11.8 Å². The monoisotopic (exact) mass is 390 g/mol. The number of carboxylic acid groups (broad SMARTS) is 1. The van der Waals surface area contributed by atoms with Crippen molar-refractivity contribution in [2.75, 3.05) is 13.7 Å². The van der Waals surface area contributed by atoms with E-state index in [1.54, 1.807) is 0 Å². The third-order valence-corrected chi connectivity index (χ3v) is 3.75. The summed E-state index contributed by atoms with van der Waals surface area (Å²) in [5.41, 5.74) is 12.7. The number of primary amides is 1. The molecule has 0 saturated heterocycles. The fourth-order valence-electron chi connectivity index (χ4n) is 2.10. The summed E-state index contributed by atoms with van der Waals surface area (Å²) in [5.74, 6) is -7.20. The number of nitrogens with two attached hydrogens (primary N) is 2. The maximum atomic E-state index is 12.3. The number of hydrazine groups is 1. The summed E-state index contributed by atoms with van der Waals surface area (Å²) in [5, 5.41) is 27.8. The first-order valence-corrected chi connectivity index (χ1v) is 8.06. The van der Waals surface area contributed by atoms with E-state index in [1.165, 1.54) is 6.92 Å². The van der Waals surface area contributed by atoms with Gasteiger partial charge in [-0.2, -0.15) is 0 Å². The molecule has 27 heavy (non-hydrogen) atoms. The SMILES string of the molecule is CC(O)[C@@H](N)C(=O)N(C)NC(=O)[C@@H](CC(N)=O)CC(=O)C[C@H](CO)C(=O)O. The lowest BCUT2D eigenvalue weighted by Crippen LogP contribution is -2.55. The fraction of sp³-hybridized carbons (Fsp3) is 0.667. The number of aliphatic hydroxyl groups excluding tert-OH is 2. The molecule has 0 aliphatic carbocycles. The number of rotatable bonds is 11. The molecule has 0 bridgehead atoms. The highest BCUT2D eigenvalue weighted by Crippen LogP contribution is 2.14. The second-order valence-corrected chi connectivity index (χ2v) is 6.17. The zero-order valence-corrected chi connectivity index (χ0v) is 15.1. The molecule has 4 atom stereocenters. The molecule has 0 aliphatic rings. The Morgan fingerprint density at radius 1 is 1.07 bits per heavy atom. The van der Waals surface area contributed by atoms with Crippen LogP contribution in [0.1, 0.15) is 26.2 Å². The number of nitrogens with one attached hydrogen (secondary N) is 1. The number of aliphatic carboxylic acids is 1. The first-order chi connectivity index (χ1) is 12.4. The Balaban J connectivity index is 5.05. The molecule has 12 heteroatoms. The van der Waals surface area contributed by atoms with E-state index in [-0.39, 0.29) is 0 Å². The number of hydrogen-bond donors (Lipinski definition) is 6. The smallest absolute Gasteiger partial charge is 0.309 e. The van der Waals surface area contributed by atoms with E-state index < -0.39 is 79.3 Å². The number of Topliss-reactive ketones (excluding diaryl/α,β-unsaturated/α-hetero) is 1. The standard InChI is InChI=1S/C15H26N4O8/c1-7(21)12(17)14(25)19(2)18-13(24)8(5-11(16)23)3-10(22)4-9(6-20)15(26)27/h7-9,12,20-21H,3-6,17H2,1-2H3,(H2,16,23)(H,18,24)(H,26,27)/t7?,8-,9-,12-/m1/s1. The van der Waals surface area contributed by atoms with Crippen LogP contribution in [0.4, 0.5) is 0 Å². The van der Waals surface area contributed by atoms with Gasteiger partial charge in [-0.3, -0.25) is 34.4 Å².